The molecule has 0 aromatic rings. The van der Waals surface area contributed by atoms with Crippen molar-refractivity contribution in [2.45, 2.75) is 24.5 Å². The molecule has 0 amide bonds. The molecule has 8 heteroatoms. The van der Waals surface area contributed by atoms with E-state index in [4.69, 9.17) is 9.47 Å². The van der Waals surface area contributed by atoms with Gasteiger partial charge in [-0.2, -0.15) is 11.8 Å². The van der Waals surface area contributed by atoms with Crippen LogP contribution in [0.15, 0.2) is 0 Å². The van der Waals surface area contributed by atoms with Crippen LogP contribution in [0.4, 0.5) is 0 Å². The molecule has 0 saturated carbocycles. The van der Waals surface area contributed by atoms with Crippen LogP contribution in [0.5, 0.6) is 0 Å². The average Bonchev–Trinajstić information content (AvgIpc) is 2.36. The molecule has 0 aliphatic carbocycles. The SMILES string of the molecule is COCC(C)OCC(O)CN1CCSCC1S(C)(=O)=O. The number of thioether (sulfide) groups is 1. The molecule has 120 valence electrons. The minimum absolute atomic E-state index is 0.0859. The summed E-state index contributed by atoms with van der Waals surface area (Å²) in [6, 6.07) is 0. The lowest BCUT2D eigenvalue weighted by Crippen LogP contribution is -2.50. The van der Waals surface area contributed by atoms with Crippen molar-refractivity contribution in [2.24, 2.45) is 0 Å². The van der Waals surface area contributed by atoms with Gasteiger partial charge in [0.15, 0.2) is 9.84 Å². The molecular weight excluding hydrogens is 302 g/mol. The van der Waals surface area contributed by atoms with Crippen LogP contribution in [0.1, 0.15) is 6.92 Å². The van der Waals surface area contributed by atoms with Gasteiger partial charge in [0.05, 0.1) is 25.4 Å². The van der Waals surface area contributed by atoms with E-state index in [1.54, 1.807) is 18.9 Å². The highest BCUT2D eigenvalue weighted by Crippen LogP contribution is 2.20. The van der Waals surface area contributed by atoms with Crippen LogP contribution in [0, 0.1) is 0 Å². The molecular formula is C12H25NO5S2. The van der Waals surface area contributed by atoms with Crippen LogP contribution in [-0.2, 0) is 19.3 Å². The molecule has 1 aliphatic rings. The van der Waals surface area contributed by atoms with E-state index in [2.05, 4.69) is 0 Å². The summed E-state index contributed by atoms with van der Waals surface area (Å²) in [6.07, 6.45) is 0.471. The Balaban J connectivity index is 2.44. The number of hydrogen-bond donors (Lipinski definition) is 1. The van der Waals surface area contributed by atoms with Crippen LogP contribution >= 0.6 is 11.8 Å². The van der Waals surface area contributed by atoms with Gasteiger partial charge in [0, 0.05) is 38.0 Å². The summed E-state index contributed by atoms with van der Waals surface area (Å²) in [5, 5.41) is 9.49. The van der Waals surface area contributed by atoms with Crippen LogP contribution in [-0.4, -0.2) is 87.2 Å². The molecule has 0 aromatic heterocycles. The summed E-state index contributed by atoms with van der Waals surface area (Å²) in [5.41, 5.74) is 0. The highest BCUT2D eigenvalue weighted by molar-refractivity contribution is 8.00. The number of aliphatic hydroxyl groups is 1. The Morgan fingerprint density at radius 3 is 2.75 bits per heavy atom. The molecule has 20 heavy (non-hydrogen) atoms. The second-order valence-electron chi connectivity index (χ2n) is 5.11. The summed E-state index contributed by atoms with van der Waals surface area (Å²) < 4.78 is 33.9. The van der Waals surface area contributed by atoms with E-state index in [-0.39, 0.29) is 12.7 Å². The molecule has 0 radical (unpaired) electrons. The first kappa shape index (κ1) is 18.2. The Hall–Kier alpha value is 0.140. The van der Waals surface area contributed by atoms with Crippen molar-refractivity contribution in [3.8, 4) is 0 Å². The van der Waals surface area contributed by atoms with Gasteiger partial charge in [0.2, 0.25) is 0 Å². The van der Waals surface area contributed by atoms with Gasteiger partial charge in [0.25, 0.3) is 0 Å². The summed E-state index contributed by atoms with van der Waals surface area (Å²) in [7, 11) is -1.53. The first-order valence-corrected chi connectivity index (χ1v) is 9.74. The number of sulfone groups is 1. The predicted octanol–water partition coefficient (Wildman–Crippen LogP) is -0.182. The zero-order chi connectivity index (χ0) is 15.2. The quantitative estimate of drug-likeness (QED) is 0.662. The van der Waals surface area contributed by atoms with Crippen LogP contribution in [0.25, 0.3) is 0 Å². The van der Waals surface area contributed by atoms with Crippen LogP contribution in [0.3, 0.4) is 0 Å². The van der Waals surface area contributed by atoms with Gasteiger partial charge in [-0.25, -0.2) is 8.42 Å². The molecule has 1 saturated heterocycles. The minimum Gasteiger partial charge on any atom is -0.389 e. The molecule has 0 aromatic carbocycles. The van der Waals surface area contributed by atoms with Gasteiger partial charge in [-0.15, -0.1) is 0 Å². The van der Waals surface area contributed by atoms with Crippen molar-refractivity contribution in [1.29, 1.82) is 0 Å². The van der Waals surface area contributed by atoms with Gasteiger partial charge in [-0.1, -0.05) is 0 Å². The maximum Gasteiger partial charge on any atom is 0.164 e. The molecule has 0 spiro atoms. The minimum atomic E-state index is -3.13. The number of methoxy groups -OCH3 is 1. The maximum absolute atomic E-state index is 11.7. The highest BCUT2D eigenvalue weighted by Gasteiger charge is 2.32. The van der Waals surface area contributed by atoms with Crippen molar-refractivity contribution in [3.05, 3.63) is 0 Å². The van der Waals surface area contributed by atoms with E-state index in [0.717, 1.165) is 5.75 Å². The zero-order valence-corrected chi connectivity index (χ0v) is 14.0. The molecule has 3 atom stereocenters. The second-order valence-corrected chi connectivity index (χ2v) is 8.46. The van der Waals surface area contributed by atoms with Gasteiger partial charge >= 0.3 is 0 Å². The third-order valence-electron chi connectivity index (χ3n) is 3.10. The van der Waals surface area contributed by atoms with Crippen molar-refractivity contribution < 1.29 is 23.0 Å². The van der Waals surface area contributed by atoms with Crippen molar-refractivity contribution in [1.82, 2.24) is 4.90 Å². The molecule has 1 heterocycles. The predicted molar refractivity (Wildman–Crippen MR) is 80.8 cm³/mol. The largest absolute Gasteiger partial charge is 0.389 e. The van der Waals surface area contributed by atoms with Gasteiger partial charge in [-0.05, 0) is 6.92 Å². The van der Waals surface area contributed by atoms with E-state index in [1.165, 1.54) is 6.26 Å². The Morgan fingerprint density at radius 1 is 1.45 bits per heavy atom. The number of aliphatic hydroxyl groups excluding tert-OH is 1. The highest BCUT2D eigenvalue weighted by atomic mass is 32.2. The van der Waals surface area contributed by atoms with Crippen molar-refractivity contribution in [2.75, 3.05) is 51.2 Å². The number of ether oxygens (including phenoxy) is 2. The van der Waals surface area contributed by atoms with Gasteiger partial charge < -0.3 is 14.6 Å². The summed E-state index contributed by atoms with van der Waals surface area (Å²) in [6.45, 7) is 3.52. The fourth-order valence-corrected chi connectivity index (χ4v) is 5.05. The lowest BCUT2D eigenvalue weighted by Gasteiger charge is -2.35. The monoisotopic (exact) mass is 327 g/mol. The molecule has 6 nitrogen and oxygen atoms in total. The van der Waals surface area contributed by atoms with Gasteiger partial charge in [-0.3, -0.25) is 4.90 Å². The fraction of sp³-hybridized carbons (Fsp3) is 1.00. The standard InChI is InChI=1S/C12H25NO5S2/c1-10(7-17-2)18-8-11(14)6-13-4-5-19-9-12(13)20(3,15)16/h10-12,14H,4-9H2,1-3H3. The van der Waals surface area contributed by atoms with E-state index in [1.807, 2.05) is 11.8 Å². The van der Waals surface area contributed by atoms with E-state index in [9.17, 15) is 13.5 Å². The molecule has 1 aliphatic heterocycles. The number of hydrogen-bond acceptors (Lipinski definition) is 7. The number of rotatable bonds is 8. The molecule has 1 rings (SSSR count). The first-order valence-electron chi connectivity index (χ1n) is 6.64. The van der Waals surface area contributed by atoms with Crippen LogP contribution in [0.2, 0.25) is 0 Å². The third-order valence-corrected chi connectivity index (χ3v) is 5.79. The van der Waals surface area contributed by atoms with Gasteiger partial charge in [0.1, 0.15) is 5.37 Å². The molecule has 1 fully saturated rings. The molecule has 1 N–H and O–H groups in total. The average molecular weight is 327 g/mol. The summed E-state index contributed by atoms with van der Waals surface area (Å²) in [5.74, 6) is 1.45. The number of β-amino-alcohol motifs (C(OH)–C–C–N with tert-alkyl or cyclic N) is 1. The normalized spacial score (nSPS) is 24.5. The lowest BCUT2D eigenvalue weighted by molar-refractivity contribution is -0.0399. The molecule has 3 unspecified atom stereocenters. The molecule has 0 bridgehead atoms. The maximum atomic E-state index is 11.7. The van der Waals surface area contributed by atoms with E-state index in [0.29, 0.717) is 25.4 Å². The van der Waals surface area contributed by atoms with E-state index < -0.39 is 21.3 Å². The summed E-state index contributed by atoms with van der Waals surface area (Å²) >= 11 is 1.64. The number of nitrogens with zero attached hydrogens (tertiary/aromatic N) is 1. The van der Waals surface area contributed by atoms with Crippen LogP contribution < -0.4 is 0 Å². The second kappa shape index (κ2) is 8.55. The smallest absolute Gasteiger partial charge is 0.164 e. The van der Waals surface area contributed by atoms with E-state index >= 15 is 0 Å². The Labute approximate surface area is 125 Å². The Morgan fingerprint density at radius 2 is 2.15 bits per heavy atom. The topological polar surface area (TPSA) is 76.1 Å². The zero-order valence-electron chi connectivity index (χ0n) is 12.3. The Kier molecular flexibility index (Phi) is 7.78. The van der Waals surface area contributed by atoms with Crippen molar-refractivity contribution >= 4 is 21.6 Å². The summed E-state index contributed by atoms with van der Waals surface area (Å²) in [4.78, 5) is 1.83. The third kappa shape index (κ3) is 6.28. The Bertz CT molecular complexity index is 376. The first-order chi connectivity index (χ1) is 9.34. The lowest BCUT2D eigenvalue weighted by atomic mass is 10.3. The fourth-order valence-electron chi connectivity index (χ4n) is 2.10. The van der Waals surface area contributed by atoms with Crippen molar-refractivity contribution in [3.63, 3.8) is 0 Å².